The van der Waals surface area contributed by atoms with Gasteiger partial charge in [0, 0.05) is 0 Å². The Balaban J connectivity index is 1.98. The lowest BCUT2D eigenvalue weighted by atomic mass is 10.2. The summed E-state index contributed by atoms with van der Waals surface area (Å²) in [7, 11) is 0. The van der Waals surface area contributed by atoms with Crippen LogP contribution in [0.15, 0.2) is 48.5 Å². The van der Waals surface area contributed by atoms with E-state index in [1.54, 1.807) is 48.5 Å². The van der Waals surface area contributed by atoms with Crippen molar-refractivity contribution in [1.29, 1.82) is 5.26 Å². The van der Waals surface area contributed by atoms with Gasteiger partial charge in [0.15, 0.2) is 18.1 Å². The Morgan fingerprint density at radius 1 is 1.00 bits per heavy atom. The Morgan fingerprint density at radius 3 is 2.32 bits per heavy atom. The van der Waals surface area contributed by atoms with Crippen molar-refractivity contribution in [2.24, 2.45) is 0 Å². The molecule has 0 atom stereocenters. The van der Waals surface area contributed by atoms with Crippen LogP contribution in [0.1, 0.15) is 12.5 Å². The minimum atomic E-state index is -0.570. The van der Waals surface area contributed by atoms with Crippen molar-refractivity contribution in [1.82, 2.24) is 0 Å². The minimum Gasteiger partial charge on any atom is -0.490 e. The lowest BCUT2D eigenvalue weighted by molar-refractivity contribution is -0.136. The molecule has 2 aromatic rings. The van der Waals surface area contributed by atoms with Crippen molar-refractivity contribution >= 4 is 5.97 Å². The molecule has 0 aromatic heterocycles. The first-order valence-electron chi connectivity index (χ1n) is 6.79. The summed E-state index contributed by atoms with van der Waals surface area (Å²) in [5, 5.41) is 8.95. The van der Waals surface area contributed by atoms with Gasteiger partial charge >= 0.3 is 5.97 Å². The summed E-state index contributed by atoms with van der Waals surface area (Å²) in [5.41, 5.74) is 0.366. The van der Waals surface area contributed by atoms with Crippen molar-refractivity contribution < 1.29 is 19.0 Å². The molecule has 0 heterocycles. The van der Waals surface area contributed by atoms with Crippen molar-refractivity contribution in [3.8, 4) is 23.3 Å². The van der Waals surface area contributed by atoms with E-state index >= 15 is 0 Å². The predicted octanol–water partition coefficient (Wildman–Crippen LogP) is 2.94. The van der Waals surface area contributed by atoms with Crippen LogP contribution in [0, 0.1) is 11.3 Å². The number of ether oxygens (including phenoxy) is 3. The third-order valence-electron chi connectivity index (χ3n) is 2.73. The lowest BCUT2D eigenvalue weighted by Gasteiger charge is -2.11. The summed E-state index contributed by atoms with van der Waals surface area (Å²) in [4.78, 5) is 11.9. The number of carbonyl (C=O) groups is 1. The Hall–Kier alpha value is -3.00. The molecule has 0 N–H and O–H groups in total. The third kappa shape index (κ3) is 4.00. The molecule has 0 spiro atoms. The topological polar surface area (TPSA) is 68.6 Å². The first-order chi connectivity index (χ1) is 10.7. The zero-order valence-corrected chi connectivity index (χ0v) is 12.1. The van der Waals surface area contributed by atoms with Gasteiger partial charge < -0.3 is 14.2 Å². The highest BCUT2D eigenvalue weighted by Crippen LogP contribution is 2.26. The number of carbonyl (C=O) groups excluding carboxylic acids is 1. The van der Waals surface area contributed by atoms with Crippen molar-refractivity contribution in [3.05, 3.63) is 54.1 Å². The van der Waals surface area contributed by atoms with Gasteiger partial charge in [-0.2, -0.15) is 5.26 Å². The Bertz CT molecular complexity index is 691. The molecule has 0 fully saturated rings. The van der Waals surface area contributed by atoms with Gasteiger partial charge in [-0.25, -0.2) is 4.79 Å². The van der Waals surface area contributed by atoms with E-state index in [-0.39, 0.29) is 6.61 Å². The molecule has 0 saturated carbocycles. The van der Waals surface area contributed by atoms with Gasteiger partial charge in [0.25, 0.3) is 0 Å². The van der Waals surface area contributed by atoms with Gasteiger partial charge in [-0.3, -0.25) is 0 Å². The molecule has 22 heavy (non-hydrogen) atoms. The van der Waals surface area contributed by atoms with Crippen LogP contribution < -0.4 is 14.2 Å². The normalized spacial score (nSPS) is 9.64. The van der Waals surface area contributed by atoms with E-state index in [9.17, 15) is 4.79 Å². The highest BCUT2D eigenvalue weighted by molar-refractivity contribution is 5.74. The average Bonchev–Trinajstić information content (AvgIpc) is 2.55. The zero-order valence-electron chi connectivity index (χ0n) is 12.1. The molecule has 0 aliphatic heterocycles. The second kappa shape index (κ2) is 7.70. The van der Waals surface area contributed by atoms with Crippen LogP contribution in [0.4, 0.5) is 0 Å². The number of hydrogen-bond acceptors (Lipinski definition) is 5. The van der Waals surface area contributed by atoms with Gasteiger partial charge in [-0.05, 0) is 31.2 Å². The van der Waals surface area contributed by atoms with Crippen LogP contribution in [0.3, 0.4) is 0 Å². The van der Waals surface area contributed by atoms with Crippen LogP contribution in [0.5, 0.6) is 17.2 Å². The van der Waals surface area contributed by atoms with Gasteiger partial charge in [-0.15, -0.1) is 0 Å². The summed E-state index contributed by atoms with van der Waals surface area (Å²) in [6.07, 6.45) is 0. The summed E-state index contributed by atoms with van der Waals surface area (Å²) in [6, 6.07) is 15.6. The Morgan fingerprint density at radius 2 is 1.64 bits per heavy atom. The van der Waals surface area contributed by atoms with E-state index in [4.69, 9.17) is 19.5 Å². The smallest absolute Gasteiger partial charge is 0.349 e. The maximum Gasteiger partial charge on any atom is 0.349 e. The number of hydrogen-bond donors (Lipinski definition) is 0. The monoisotopic (exact) mass is 297 g/mol. The van der Waals surface area contributed by atoms with Crippen LogP contribution in [0.25, 0.3) is 0 Å². The second-order valence-electron chi connectivity index (χ2n) is 4.25. The molecular formula is C17H15NO4. The molecular weight excluding hydrogens is 282 g/mol. The van der Waals surface area contributed by atoms with Crippen LogP contribution >= 0.6 is 0 Å². The summed E-state index contributed by atoms with van der Waals surface area (Å²) < 4.78 is 15.9. The first kappa shape index (κ1) is 15.4. The summed E-state index contributed by atoms with van der Waals surface area (Å²) in [5.74, 6) is 0.613. The standard InChI is InChI=1S/C17H15NO4/c1-2-20-15-9-5-6-10-16(15)22-17(19)12-21-14-8-4-3-7-13(14)11-18/h3-10H,2,12H2,1H3. The fraction of sp³-hybridized carbons (Fsp3) is 0.176. The highest BCUT2D eigenvalue weighted by atomic mass is 16.6. The van der Waals surface area contributed by atoms with Crippen molar-refractivity contribution in [3.63, 3.8) is 0 Å². The molecule has 2 aromatic carbocycles. The molecule has 112 valence electrons. The van der Waals surface area contributed by atoms with E-state index in [1.807, 2.05) is 13.0 Å². The van der Waals surface area contributed by atoms with Gasteiger partial charge in [0.2, 0.25) is 0 Å². The molecule has 5 nitrogen and oxygen atoms in total. The highest BCUT2D eigenvalue weighted by Gasteiger charge is 2.11. The van der Waals surface area contributed by atoms with E-state index < -0.39 is 5.97 Å². The van der Waals surface area contributed by atoms with Gasteiger partial charge in [0.1, 0.15) is 11.8 Å². The largest absolute Gasteiger partial charge is 0.490 e. The van der Waals surface area contributed by atoms with E-state index in [0.717, 1.165) is 0 Å². The van der Waals surface area contributed by atoms with E-state index in [2.05, 4.69) is 0 Å². The van der Waals surface area contributed by atoms with Crippen molar-refractivity contribution in [2.75, 3.05) is 13.2 Å². The Kier molecular flexibility index (Phi) is 5.38. The molecule has 0 aliphatic rings. The number of benzene rings is 2. The fourth-order valence-corrected chi connectivity index (χ4v) is 1.78. The maximum atomic E-state index is 11.9. The zero-order chi connectivity index (χ0) is 15.8. The van der Waals surface area contributed by atoms with Crippen LogP contribution in [0.2, 0.25) is 0 Å². The quantitative estimate of drug-likeness (QED) is 0.605. The minimum absolute atomic E-state index is 0.293. The number of nitrogens with zero attached hydrogens (tertiary/aromatic N) is 1. The molecule has 0 aliphatic carbocycles. The first-order valence-corrected chi connectivity index (χ1v) is 6.79. The molecule has 0 saturated heterocycles. The average molecular weight is 297 g/mol. The number of esters is 1. The molecule has 0 bridgehead atoms. The molecule has 0 unspecified atom stereocenters. The Labute approximate surface area is 128 Å². The fourth-order valence-electron chi connectivity index (χ4n) is 1.78. The molecule has 2 rings (SSSR count). The summed E-state index contributed by atoms with van der Waals surface area (Å²) in [6.45, 7) is 2.03. The number of rotatable bonds is 6. The SMILES string of the molecule is CCOc1ccccc1OC(=O)COc1ccccc1C#N. The van der Waals surface area contributed by atoms with E-state index in [0.29, 0.717) is 29.4 Å². The van der Waals surface area contributed by atoms with Crippen LogP contribution in [-0.4, -0.2) is 19.2 Å². The van der Waals surface area contributed by atoms with E-state index in [1.165, 1.54) is 0 Å². The van der Waals surface area contributed by atoms with Gasteiger partial charge in [-0.1, -0.05) is 24.3 Å². The van der Waals surface area contributed by atoms with Gasteiger partial charge in [0.05, 0.1) is 12.2 Å². The second-order valence-corrected chi connectivity index (χ2v) is 4.25. The van der Waals surface area contributed by atoms with Crippen molar-refractivity contribution in [2.45, 2.75) is 6.92 Å². The summed E-state index contributed by atoms with van der Waals surface area (Å²) >= 11 is 0. The maximum absolute atomic E-state index is 11.9. The van der Waals surface area contributed by atoms with Crippen LogP contribution in [-0.2, 0) is 4.79 Å². The molecule has 0 radical (unpaired) electrons. The number of para-hydroxylation sites is 3. The lowest BCUT2D eigenvalue weighted by Crippen LogP contribution is -2.18. The number of nitriles is 1. The molecule has 0 amide bonds. The third-order valence-corrected chi connectivity index (χ3v) is 2.73. The predicted molar refractivity (Wildman–Crippen MR) is 79.9 cm³/mol. The molecule has 5 heteroatoms.